The minimum atomic E-state index is 0.769. The molecule has 114 valence electrons. The minimum Gasteiger partial charge on any atom is -0.368 e. The standard InChI is InChI=1S/C16H22ClN3S/c1-4-7-18-9-13-5-6-14(17)8-16(13)20(3)10-15-11-21-12(2)19-15/h5-6,8,11,18H,4,7,9-10H2,1-3H3. The lowest BCUT2D eigenvalue weighted by Crippen LogP contribution is -2.21. The first kappa shape index (κ1) is 16.3. The van der Waals surface area contributed by atoms with Crippen molar-refractivity contribution in [2.75, 3.05) is 18.5 Å². The summed E-state index contributed by atoms with van der Waals surface area (Å²) in [5, 5.41) is 7.44. The molecular weight excluding hydrogens is 302 g/mol. The molecule has 0 atom stereocenters. The van der Waals surface area contributed by atoms with Crippen LogP contribution >= 0.6 is 22.9 Å². The second-order valence-electron chi connectivity index (χ2n) is 5.16. The average molecular weight is 324 g/mol. The van der Waals surface area contributed by atoms with Crippen LogP contribution in [0.1, 0.15) is 29.6 Å². The van der Waals surface area contributed by atoms with Gasteiger partial charge < -0.3 is 10.2 Å². The number of thiazole rings is 1. The van der Waals surface area contributed by atoms with Gasteiger partial charge in [-0.25, -0.2) is 4.98 Å². The molecule has 0 bridgehead atoms. The van der Waals surface area contributed by atoms with Gasteiger partial charge in [-0.1, -0.05) is 24.6 Å². The predicted octanol–water partition coefficient (Wildman–Crippen LogP) is 4.24. The molecule has 2 rings (SSSR count). The Balaban J connectivity index is 2.13. The second-order valence-corrected chi connectivity index (χ2v) is 6.66. The van der Waals surface area contributed by atoms with Crippen molar-refractivity contribution in [3.8, 4) is 0 Å². The summed E-state index contributed by atoms with van der Waals surface area (Å²) < 4.78 is 0. The van der Waals surface area contributed by atoms with E-state index in [1.807, 2.05) is 19.1 Å². The molecule has 2 aromatic rings. The molecule has 1 N–H and O–H groups in total. The van der Waals surface area contributed by atoms with Crippen molar-refractivity contribution in [3.05, 3.63) is 44.9 Å². The summed E-state index contributed by atoms with van der Waals surface area (Å²) in [4.78, 5) is 6.74. The number of anilines is 1. The number of hydrogen-bond donors (Lipinski definition) is 1. The van der Waals surface area contributed by atoms with Crippen LogP contribution in [0, 0.1) is 6.92 Å². The normalized spacial score (nSPS) is 10.9. The third-order valence-corrected chi connectivity index (χ3v) is 4.32. The van der Waals surface area contributed by atoms with E-state index in [0.717, 1.165) is 47.5 Å². The zero-order valence-corrected chi connectivity index (χ0v) is 14.4. The lowest BCUT2D eigenvalue weighted by atomic mass is 10.1. The summed E-state index contributed by atoms with van der Waals surface area (Å²) in [6, 6.07) is 6.09. The first-order valence-corrected chi connectivity index (χ1v) is 8.47. The Morgan fingerprint density at radius 2 is 2.19 bits per heavy atom. The number of benzene rings is 1. The maximum Gasteiger partial charge on any atom is 0.0898 e. The highest BCUT2D eigenvalue weighted by Crippen LogP contribution is 2.25. The zero-order chi connectivity index (χ0) is 15.2. The van der Waals surface area contributed by atoms with Crippen LogP contribution in [0.3, 0.4) is 0 Å². The van der Waals surface area contributed by atoms with E-state index in [1.165, 1.54) is 5.56 Å². The summed E-state index contributed by atoms with van der Waals surface area (Å²) >= 11 is 7.86. The van der Waals surface area contributed by atoms with Crippen molar-refractivity contribution in [3.63, 3.8) is 0 Å². The first-order chi connectivity index (χ1) is 10.1. The van der Waals surface area contributed by atoms with Gasteiger partial charge in [-0.3, -0.25) is 0 Å². The van der Waals surface area contributed by atoms with E-state index in [1.54, 1.807) is 11.3 Å². The monoisotopic (exact) mass is 323 g/mol. The third-order valence-electron chi connectivity index (χ3n) is 3.27. The summed E-state index contributed by atoms with van der Waals surface area (Å²) in [7, 11) is 2.09. The Labute approximate surface area is 136 Å². The summed E-state index contributed by atoms with van der Waals surface area (Å²) in [5.74, 6) is 0. The Morgan fingerprint density at radius 3 is 2.86 bits per heavy atom. The summed E-state index contributed by atoms with van der Waals surface area (Å²) in [6.45, 7) is 6.89. The van der Waals surface area contributed by atoms with Gasteiger partial charge in [-0.2, -0.15) is 0 Å². The van der Waals surface area contributed by atoms with Gasteiger partial charge in [0.1, 0.15) is 0 Å². The molecule has 0 fully saturated rings. The largest absolute Gasteiger partial charge is 0.368 e. The Hall–Kier alpha value is -1.10. The van der Waals surface area contributed by atoms with Gasteiger partial charge in [0.05, 0.1) is 17.2 Å². The highest BCUT2D eigenvalue weighted by molar-refractivity contribution is 7.09. The molecule has 1 aromatic carbocycles. The second kappa shape index (κ2) is 7.78. The van der Waals surface area contributed by atoms with Crippen molar-refractivity contribution in [1.29, 1.82) is 0 Å². The molecule has 0 radical (unpaired) electrons. The maximum atomic E-state index is 6.17. The average Bonchev–Trinajstić information content (AvgIpc) is 2.86. The van der Waals surface area contributed by atoms with Gasteiger partial charge >= 0.3 is 0 Å². The smallest absolute Gasteiger partial charge is 0.0898 e. The SMILES string of the molecule is CCCNCc1ccc(Cl)cc1N(C)Cc1csc(C)n1. The molecule has 3 nitrogen and oxygen atoms in total. The van der Waals surface area contributed by atoms with Crippen LogP contribution in [0.4, 0.5) is 5.69 Å². The molecule has 5 heteroatoms. The lowest BCUT2D eigenvalue weighted by Gasteiger charge is -2.22. The van der Waals surface area contributed by atoms with Gasteiger partial charge in [0.25, 0.3) is 0 Å². The van der Waals surface area contributed by atoms with E-state index in [-0.39, 0.29) is 0 Å². The molecule has 0 spiro atoms. The Bertz CT molecular complexity index is 583. The van der Waals surface area contributed by atoms with Gasteiger partial charge in [-0.05, 0) is 37.6 Å². The van der Waals surface area contributed by atoms with Crippen LogP contribution in [0.25, 0.3) is 0 Å². The highest BCUT2D eigenvalue weighted by Gasteiger charge is 2.10. The Morgan fingerprint density at radius 1 is 1.38 bits per heavy atom. The quantitative estimate of drug-likeness (QED) is 0.772. The molecule has 21 heavy (non-hydrogen) atoms. The van der Waals surface area contributed by atoms with Crippen LogP contribution in [-0.2, 0) is 13.1 Å². The summed E-state index contributed by atoms with van der Waals surface area (Å²) in [6.07, 6.45) is 1.14. The lowest BCUT2D eigenvalue weighted by molar-refractivity contribution is 0.673. The fraction of sp³-hybridized carbons (Fsp3) is 0.438. The molecule has 0 unspecified atom stereocenters. The first-order valence-electron chi connectivity index (χ1n) is 7.21. The number of hydrogen-bond acceptors (Lipinski definition) is 4. The molecule has 0 saturated carbocycles. The number of rotatable bonds is 7. The Kier molecular flexibility index (Phi) is 6.03. The highest BCUT2D eigenvalue weighted by atomic mass is 35.5. The van der Waals surface area contributed by atoms with E-state index in [9.17, 15) is 0 Å². The topological polar surface area (TPSA) is 28.2 Å². The molecule has 0 aliphatic carbocycles. The van der Waals surface area contributed by atoms with Crippen molar-refractivity contribution in [2.24, 2.45) is 0 Å². The number of nitrogens with one attached hydrogen (secondary N) is 1. The van der Waals surface area contributed by atoms with Crippen molar-refractivity contribution >= 4 is 28.6 Å². The van der Waals surface area contributed by atoms with Crippen molar-refractivity contribution < 1.29 is 0 Å². The number of aryl methyl sites for hydroxylation is 1. The number of nitrogens with zero attached hydrogens (tertiary/aromatic N) is 2. The predicted molar refractivity (Wildman–Crippen MR) is 92.4 cm³/mol. The van der Waals surface area contributed by atoms with Crippen LogP contribution in [0.2, 0.25) is 5.02 Å². The van der Waals surface area contributed by atoms with Crippen LogP contribution in [0.15, 0.2) is 23.6 Å². The molecule has 1 aromatic heterocycles. The molecular formula is C16H22ClN3S. The fourth-order valence-corrected chi connectivity index (χ4v) is 3.02. The van der Waals surface area contributed by atoms with Gasteiger partial charge in [0, 0.05) is 29.7 Å². The van der Waals surface area contributed by atoms with Crippen molar-refractivity contribution in [2.45, 2.75) is 33.4 Å². The van der Waals surface area contributed by atoms with Crippen molar-refractivity contribution in [1.82, 2.24) is 10.3 Å². The van der Waals surface area contributed by atoms with Crippen LogP contribution in [0.5, 0.6) is 0 Å². The van der Waals surface area contributed by atoms with Gasteiger partial charge in [0.2, 0.25) is 0 Å². The molecule has 0 aliphatic heterocycles. The molecule has 0 amide bonds. The molecule has 0 saturated heterocycles. The van der Waals surface area contributed by atoms with Crippen LogP contribution < -0.4 is 10.2 Å². The van der Waals surface area contributed by atoms with Crippen LogP contribution in [-0.4, -0.2) is 18.6 Å². The van der Waals surface area contributed by atoms with E-state index in [2.05, 4.69) is 40.6 Å². The van der Waals surface area contributed by atoms with Gasteiger partial charge in [-0.15, -0.1) is 11.3 Å². The maximum absolute atomic E-state index is 6.17. The van der Waals surface area contributed by atoms with Gasteiger partial charge in [0.15, 0.2) is 0 Å². The molecule has 0 aliphatic rings. The summed E-state index contributed by atoms with van der Waals surface area (Å²) in [5.41, 5.74) is 3.53. The fourth-order valence-electron chi connectivity index (χ4n) is 2.25. The van der Waals surface area contributed by atoms with E-state index >= 15 is 0 Å². The minimum absolute atomic E-state index is 0.769. The number of aromatic nitrogens is 1. The van der Waals surface area contributed by atoms with E-state index in [0.29, 0.717) is 0 Å². The number of halogens is 1. The zero-order valence-electron chi connectivity index (χ0n) is 12.8. The molecule has 1 heterocycles. The third kappa shape index (κ3) is 4.70. The van der Waals surface area contributed by atoms with E-state index in [4.69, 9.17) is 11.6 Å². The van der Waals surface area contributed by atoms with E-state index < -0.39 is 0 Å².